The summed E-state index contributed by atoms with van der Waals surface area (Å²) in [4.78, 5) is 11.7. The van der Waals surface area contributed by atoms with E-state index < -0.39 is 5.82 Å². The zero-order valence-electron chi connectivity index (χ0n) is 11.7. The lowest BCUT2D eigenvalue weighted by atomic mass is 9.93. The molecular weight excluding hydrogens is 295 g/mol. The van der Waals surface area contributed by atoms with E-state index in [9.17, 15) is 14.3 Å². The van der Waals surface area contributed by atoms with Crippen LogP contribution in [0, 0.1) is 5.82 Å². The number of hydrogen-bond donors (Lipinski definition) is 3. The van der Waals surface area contributed by atoms with E-state index in [1.54, 1.807) is 12.1 Å². The molecule has 1 amide bonds. The molecule has 1 aromatic rings. The number of aliphatic hydroxyl groups excluding tert-OH is 1. The first-order chi connectivity index (χ1) is 10.1. The highest BCUT2D eigenvalue weighted by Crippen LogP contribution is 2.18. The lowest BCUT2D eigenvalue weighted by molar-refractivity contribution is -0.120. The van der Waals surface area contributed by atoms with Crippen LogP contribution in [-0.2, 0) is 11.3 Å². The molecule has 1 saturated carbocycles. The summed E-state index contributed by atoms with van der Waals surface area (Å²) in [6.07, 6.45) is 3.08. The van der Waals surface area contributed by atoms with E-state index in [1.807, 2.05) is 0 Å². The van der Waals surface area contributed by atoms with Crippen LogP contribution < -0.4 is 10.6 Å². The molecule has 0 radical (unpaired) electrons. The summed E-state index contributed by atoms with van der Waals surface area (Å²) >= 11 is 5.68. The van der Waals surface area contributed by atoms with Crippen molar-refractivity contribution in [1.29, 1.82) is 0 Å². The van der Waals surface area contributed by atoms with Gasteiger partial charge >= 0.3 is 0 Å². The maximum absolute atomic E-state index is 13.6. The molecule has 0 atom stereocenters. The first kappa shape index (κ1) is 16.2. The van der Waals surface area contributed by atoms with Crippen LogP contribution in [0.1, 0.15) is 31.2 Å². The minimum absolute atomic E-state index is 0.0561. The molecule has 0 bridgehead atoms. The molecule has 1 aromatic carbocycles. The van der Waals surface area contributed by atoms with Crippen molar-refractivity contribution in [3.05, 3.63) is 34.6 Å². The molecule has 2 rings (SSSR count). The molecule has 116 valence electrons. The summed E-state index contributed by atoms with van der Waals surface area (Å²) in [6.45, 7) is 0.319. The van der Waals surface area contributed by atoms with Crippen LogP contribution in [0.5, 0.6) is 0 Å². The second-order valence-electron chi connectivity index (χ2n) is 5.38. The molecule has 21 heavy (non-hydrogen) atoms. The van der Waals surface area contributed by atoms with Crippen LogP contribution >= 0.6 is 11.6 Å². The summed E-state index contributed by atoms with van der Waals surface area (Å²) in [5, 5.41) is 15.3. The summed E-state index contributed by atoms with van der Waals surface area (Å²) in [5.74, 6) is -0.672. The predicted molar refractivity (Wildman–Crippen MR) is 79.5 cm³/mol. The van der Waals surface area contributed by atoms with Gasteiger partial charge in [-0.1, -0.05) is 23.7 Å². The molecule has 0 aliphatic heterocycles. The SMILES string of the molecule is O=C(CN[C@H]1CC[C@H](O)CC1)NCc1cccc(Cl)c1F. The first-order valence-electron chi connectivity index (χ1n) is 7.17. The van der Waals surface area contributed by atoms with Crippen LogP contribution in [0.2, 0.25) is 5.02 Å². The Bertz CT molecular complexity index is 491. The molecular formula is C15H20ClFN2O2. The normalized spacial score (nSPS) is 22.0. The fraction of sp³-hybridized carbons (Fsp3) is 0.533. The van der Waals surface area contributed by atoms with Gasteiger partial charge in [-0.25, -0.2) is 4.39 Å². The molecule has 1 aliphatic rings. The number of hydrogen-bond acceptors (Lipinski definition) is 3. The van der Waals surface area contributed by atoms with E-state index in [-0.39, 0.29) is 36.2 Å². The minimum atomic E-state index is -0.492. The fourth-order valence-electron chi connectivity index (χ4n) is 2.46. The zero-order valence-corrected chi connectivity index (χ0v) is 12.5. The van der Waals surface area contributed by atoms with E-state index in [0.717, 1.165) is 25.7 Å². The molecule has 0 spiro atoms. The van der Waals surface area contributed by atoms with E-state index in [2.05, 4.69) is 10.6 Å². The van der Waals surface area contributed by atoms with Gasteiger partial charge in [0.25, 0.3) is 0 Å². The van der Waals surface area contributed by atoms with Crippen LogP contribution in [-0.4, -0.2) is 29.7 Å². The Labute approximate surface area is 128 Å². The monoisotopic (exact) mass is 314 g/mol. The van der Waals surface area contributed by atoms with Gasteiger partial charge in [-0.05, 0) is 31.7 Å². The highest BCUT2D eigenvalue weighted by atomic mass is 35.5. The van der Waals surface area contributed by atoms with E-state index >= 15 is 0 Å². The molecule has 3 N–H and O–H groups in total. The van der Waals surface area contributed by atoms with Gasteiger partial charge in [-0.15, -0.1) is 0 Å². The summed E-state index contributed by atoms with van der Waals surface area (Å²) in [5.41, 5.74) is 0.372. The summed E-state index contributed by atoms with van der Waals surface area (Å²) < 4.78 is 13.6. The molecule has 0 unspecified atom stereocenters. The lowest BCUT2D eigenvalue weighted by Crippen LogP contribution is -2.41. The number of carbonyl (C=O) groups excluding carboxylic acids is 1. The van der Waals surface area contributed by atoms with Crippen molar-refractivity contribution in [2.75, 3.05) is 6.54 Å². The molecule has 0 aromatic heterocycles. The van der Waals surface area contributed by atoms with Gasteiger partial charge in [0.05, 0.1) is 17.7 Å². The average molecular weight is 315 g/mol. The van der Waals surface area contributed by atoms with Gasteiger partial charge in [0.2, 0.25) is 5.91 Å². The number of carbonyl (C=O) groups is 1. The van der Waals surface area contributed by atoms with Crippen molar-refractivity contribution in [3.8, 4) is 0 Å². The molecule has 1 fully saturated rings. The van der Waals surface area contributed by atoms with Crippen molar-refractivity contribution in [2.24, 2.45) is 0 Å². The summed E-state index contributed by atoms with van der Waals surface area (Å²) in [7, 11) is 0. The van der Waals surface area contributed by atoms with Crippen molar-refractivity contribution in [3.63, 3.8) is 0 Å². The number of benzene rings is 1. The quantitative estimate of drug-likeness (QED) is 0.779. The van der Waals surface area contributed by atoms with Crippen LogP contribution in [0.15, 0.2) is 18.2 Å². The van der Waals surface area contributed by atoms with E-state index in [4.69, 9.17) is 11.6 Å². The number of rotatable bonds is 5. The number of aliphatic hydroxyl groups is 1. The topological polar surface area (TPSA) is 61.4 Å². The van der Waals surface area contributed by atoms with E-state index in [0.29, 0.717) is 5.56 Å². The Morgan fingerprint density at radius 2 is 2.05 bits per heavy atom. The molecule has 6 heteroatoms. The second-order valence-corrected chi connectivity index (χ2v) is 5.78. The van der Waals surface area contributed by atoms with Gasteiger partial charge in [-0.2, -0.15) is 0 Å². The maximum Gasteiger partial charge on any atom is 0.234 e. The Kier molecular flexibility index (Phi) is 5.96. The fourth-order valence-corrected chi connectivity index (χ4v) is 2.65. The predicted octanol–water partition coefficient (Wildman–Crippen LogP) is 1.99. The third-order valence-electron chi connectivity index (χ3n) is 3.76. The van der Waals surface area contributed by atoms with Gasteiger partial charge in [0.15, 0.2) is 0 Å². The standard InChI is InChI=1S/C15H20ClFN2O2/c16-13-3-1-2-10(15(13)17)8-19-14(21)9-18-11-4-6-12(20)7-5-11/h1-3,11-12,18,20H,4-9H2,(H,19,21)/t11-,12-. The van der Waals surface area contributed by atoms with Crippen LogP contribution in [0.3, 0.4) is 0 Å². The van der Waals surface area contributed by atoms with Gasteiger partial charge in [0, 0.05) is 18.2 Å². The average Bonchev–Trinajstić information content (AvgIpc) is 2.48. The van der Waals surface area contributed by atoms with Gasteiger partial charge in [-0.3, -0.25) is 4.79 Å². The Morgan fingerprint density at radius 1 is 1.33 bits per heavy atom. The highest BCUT2D eigenvalue weighted by Gasteiger charge is 2.19. The van der Waals surface area contributed by atoms with Crippen LogP contribution in [0.25, 0.3) is 0 Å². The third-order valence-corrected chi connectivity index (χ3v) is 4.05. The van der Waals surface area contributed by atoms with E-state index in [1.165, 1.54) is 6.07 Å². The Balaban J connectivity index is 1.71. The zero-order chi connectivity index (χ0) is 15.2. The van der Waals surface area contributed by atoms with Crippen molar-refractivity contribution >= 4 is 17.5 Å². The minimum Gasteiger partial charge on any atom is -0.393 e. The third kappa shape index (κ3) is 4.95. The maximum atomic E-state index is 13.6. The van der Waals surface area contributed by atoms with Crippen molar-refractivity contribution in [1.82, 2.24) is 10.6 Å². The molecule has 0 saturated heterocycles. The van der Waals surface area contributed by atoms with Crippen molar-refractivity contribution in [2.45, 2.75) is 44.4 Å². The largest absolute Gasteiger partial charge is 0.393 e. The lowest BCUT2D eigenvalue weighted by Gasteiger charge is -2.26. The van der Waals surface area contributed by atoms with Gasteiger partial charge in [0.1, 0.15) is 5.82 Å². The molecule has 0 heterocycles. The Morgan fingerprint density at radius 3 is 2.76 bits per heavy atom. The second kappa shape index (κ2) is 7.73. The highest BCUT2D eigenvalue weighted by molar-refractivity contribution is 6.30. The van der Waals surface area contributed by atoms with Crippen molar-refractivity contribution < 1.29 is 14.3 Å². The smallest absolute Gasteiger partial charge is 0.234 e. The number of nitrogens with one attached hydrogen (secondary N) is 2. The van der Waals surface area contributed by atoms with Crippen LogP contribution in [0.4, 0.5) is 4.39 Å². The molecule has 1 aliphatic carbocycles. The molecule has 4 nitrogen and oxygen atoms in total. The number of halogens is 2. The summed E-state index contributed by atoms with van der Waals surface area (Å²) in [6, 6.07) is 4.99. The number of amides is 1. The first-order valence-corrected chi connectivity index (χ1v) is 7.55. The Hall–Kier alpha value is -1.17. The van der Waals surface area contributed by atoms with Gasteiger partial charge < -0.3 is 15.7 Å².